The van der Waals surface area contributed by atoms with Crippen molar-refractivity contribution in [2.75, 3.05) is 7.11 Å². The number of hydrogen-bond acceptors (Lipinski definition) is 5. The molecule has 0 bridgehead atoms. The first-order valence-electron chi connectivity index (χ1n) is 9.12. The van der Waals surface area contributed by atoms with Crippen molar-refractivity contribution in [3.63, 3.8) is 0 Å². The SMILES string of the molecule is COc1ccc(-c2cc3c(-c4cccc(C(F)(F)F)c4)c(C)oc(=O)c3c(=O)o2)cc1. The number of alkyl halides is 3. The van der Waals surface area contributed by atoms with Gasteiger partial charge in [0.2, 0.25) is 0 Å². The first-order valence-corrected chi connectivity index (χ1v) is 9.12. The average molecular weight is 428 g/mol. The fourth-order valence-corrected chi connectivity index (χ4v) is 3.42. The highest BCUT2D eigenvalue weighted by atomic mass is 19.4. The van der Waals surface area contributed by atoms with Gasteiger partial charge < -0.3 is 13.6 Å². The molecule has 0 amide bonds. The second kappa shape index (κ2) is 7.46. The molecule has 0 aliphatic rings. The molecule has 0 spiro atoms. The van der Waals surface area contributed by atoms with Crippen LogP contribution in [0.5, 0.6) is 5.75 Å². The molecule has 5 nitrogen and oxygen atoms in total. The molecule has 158 valence electrons. The normalized spacial score (nSPS) is 11.6. The van der Waals surface area contributed by atoms with Gasteiger partial charge in [0, 0.05) is 16.5 Å². The van der Waals surface area contributed by atoms with E-state index in [4.69, 9.17) is 13.6 Å². The van der Waals surface area contributed by atoms with Crippen LogP contribution in [0.25, 0.3) is 33.2 Å². The fourth-order valence-electron chi connectivity index (χ4n) is 3.42. The van der Waals surface area contributed by atoms with Crippen LogP contribution in [-0.2, 0) is 6.18 Å². The summed E-state index contributed by atoms with van der Waals surface area (Å²) >= 11 is 0. The second-order valence-electron chi connectivity index (χ2n) is 6.81. The number of fused-ring (bicyclic) bond motifs is 1. The molecular weight excluding hydrogens is 413 g/mol. The molecular formula is C23H15F3O5. The minimum Gasteiger partial charge on any atom is -0.497 e. The van der Waals surface area contributed by atoms with Gasteiger partial charge in [-0.3, -0.25) is 0 Å². The van der Waals surface area contributed by atoms with Gasteiger partial charge in [-0.1, -0.05) is 12.1 Å². The molecule has 0 unspecified atom stereocenters. The Bertz CT molecular complexity index is 1400. The van der Waals surface area contributed by atoms with Crippen LogP contribution in [0.1, 0.15) is 11.3 Å². The standard InChI is InChI=1S/C23H15F3O5/c1-12-19(14-4-3-5-15(10-14)23(24,25)26)17-11-18(13-6-8-16(29-2)9-7-13)31-22(28)20(17)21(27)30-12/h3-11H,1-2H3. The number of hydrogen-bond donors (Lipinski definition) is 0. The molecule has 31 heavy (non-hydrogen) atoms. The summed E-state index contributed by atoms with van der Waals surface area (Å²) in [5, 5.41) is -0.217. The van der Waals surface area contributed by atoms with Crippen molar-refractivity contribution < 1.29 is 26.7 Å². The Kier molecular flexibility index (Phi) is 4.93. The third-order valence-corrected chi connectivity index (χ3v) is 4.88. The Morgan fingerprint density at radius 3 is 2.19 bits per heavy atom. The predicted octanol–water partition coefficient (Wildman–Crippen LogP) is 5.42. The summed E-state index contributed by atoms with van der Waals surface area (Å²) in [6.07, 6.45) is -4.55. The van der Waals surface area contributed by atoms with Crippen molar-refractivity contribution in [2.45, 2.75) is 13.1 Å². The van der Waals surface area contributed by atoms with Gasteiger partial charge in [0.15, 0.2) is 5.39 Å². The molecule has 0 aliphatic carbocycles. The van der Waals surface area contributed by atoms with Crippen LogP contribution in [-0.4, -0.2) is 7.11 Å². The molecule has 0 atom stereocenters. The average Bonchev–Trinajstić information content (AvgIpc) is 2.73. The zero-order chi connectivity index (χ0) is 22.3. The highest BCUT2D eigenvalue weighted by molar-refractivity contribution is 5.97. The van der Waals surface area contributed by atoms with Gasteiger partial charge in [-0.2, -0.15) is 13.2 Å². The molecule has 2 aromatic heterocycles. The van der Waals surface area contributed by atoms with E-state index in [9.17, 15) is 22.8 Å². The molecule has 0 radical (unpaired) electrons. The van der Waals surface area contributed by atoms with E-state index < -0.39 is 23.0 Å². The highest BCUT2D eigenvalue weighted by Crippen LogP contribution is 2.36. The van der Waals surface area contributed by atoms with Gasteiger partial charge in [-0.05, 0) is 55.0 Å². The Morgan fingerprint density at radius 1 is 0.871 bits per heavy atom. The molecule has 0 aliphatic heterocycles. The molecule has 2 heterocycles. The van der Waals surface area contributed by atoms with Gasteiger partial charge in [-0.25, -0.2) is 9.59 Å². The molecule has 4 aromatic rings. The summed E-state index contributed by atoms with van der Waals surface area (Å²) in [6.45, 7) is 1.46. The van der Waals surface area contributed by atoms with Gasteiger partial charge in [0.1, 0.15) is 17.3 Å². The largest absolute Gasteiger partial charge is 0.497 e. The molecule has 0 saturated carbocycles. The zero-order valence-electron chi connectivity index (χ0n) is 16.4. The molecule has 8 heteroatoms. The van der Waals surface area contributed by atoms with E-state index in [-0.39, 0.29) is 33.4 Å². The van der Waals surface area contributed by atoms with E-state index >= 15 is 0 Å². The third kappa shape index (κ3) is 3.72. The Hall–Kier alpha value is -3.81. The van der Waals surface area contributed by atoms with Crippen LogP contribution in [0.2, 0.25) is 0 Å². The number of rotatable bonds is 3. The lowest BCUT2D eigenvalue weighted by molar-refractivity contribution is -0.137. The van der Waals surface area contributed by atoms with Gasteiger partial charge >= 0.3 is 17.4 Å². The molecule has 4 rings (SSSR count). The first-order chi connectivity index (χ1) is 14.7. The summed E-state index contributed by atoms with van der Waals surface area (Å²) in [7, 11) is 1.51. The smallest absolute Gasteiger partial charge is 0.416 e. The van der Waals surface area contributed by atoms with Crippen molar-refractivity contribution in [1.82, 2.24) is 0 Å². The summed E-state index contributed by atoms with van der Waals surface area (Å²) in [5.74, 6) is 0.828. The maximum absolute atomic E-state index is 13.2. The van der Waals surface area contributed by atoms with Gasteiger partial charge in [0.25, 0.3) is 0 Å². The van der Waals surface area contributed by atoms with Gasteiger partial charge in [0.05, 0.1) is 12.7 Å². The van der Waals surface area contributed by atoms with E-state index in [2.05, 4.69) is 0 Å². The van der Waals surface area contributed by atoms with Gasteiger partial charge in [-0.15, -0.1) is 0 Å². The van der Waals surface area contributed by atoms with Crippen molar-refractivity contribution in [3.05, 3.63) is 86.8 Å². The Labute approximate surface area is 173 Å². The lowest BCUT2D eigenvalue weighted by atomic mass is 9.97. The number of ether oxygens (including phenoxy) is 1. The Morgan fingerprint density at radius 2 is 1.55 bits per heavy atom. The summed E-state index contributed by atoms with van der Waals surface area (Å²) in [6, 6.07) is 12.7. The molecule has 0 N–H and O–H groups in total. The maximum atomic E-state index is 13.2. The highest BCUT2D eigenvalue weighted by Gasteiger charge is 2.31. The van der Waals surface area contributed by atoms with E-state index in [0.717, 1.165) is 12.1 Å². The van der Waals surface area contributed by atoms with Crippen LogP contribution < -0.4 is 16.0 Å². The topological polar surface area (TPSA) is 69.7 Å². The van der Waals surface area contributed by atoms with E-state index in [1.807, 2.05) is 0 Å². The molecule has 2 aromatic carbocycles. The van der Waals surface area contributed by atoms with Crippen LogP contribution in [0.4, 0.5) is 13.2 Å². The van der Waals surface area contributed by atoms with Crippen molar-refractivity contribution in [2.24, 2.45) is 0 Å². The van der Waals surface area contributed by atoms with E-state index in [0.29, 0.717) is 11.3 Å². The summed E-state index contributed by atoms with van der Waals surface area (Å²) in [4.78, 5) is 24.9. The van der Waals surface area contributed by atoms with E-state index in [1.165, 1.54) is 32.2 Å². The van der Waals surface area contributed by atoms with Crippen molar-refractivity contribution in [1.29, 1.82) is 0 Å². The summed E-state index contributed by atoms with van der Waals surface area (Å²) in [5.41, 5.74) is -1.82. The fraction of sp³-hybridized carbons (Fsp3) is 0.130. The monoisotopic (exact) mass is 428 g/mol. The summed E-state index contributed by atoms with van der Waals surface area (Å²) < 4.78 is 55.2. The predicted molar refractivity (Wildman–Crippen MR) is 108 cm³/mol. The third-order valence-electron chi connectivity index (χ3n) is 4.88. The number of methoxy groups -OCH3 is 1. The number of benzene rings is 2. The molecule has 0 saturated heterocycles. The van der Waals surface area contributed by atoms with Crippen LogP contribution in [0.3, 0.4) is 0 Å². The minimum absolute atomic E-state index is 0.0862. The molecule has 0 fully saturated rings. The first kappa shape index (κ1) is 20.5. The van der Waals surface area contributed by atoms with Crippen molar-refractivity contribution in [3.8, 4) is 28.2 Å². The second-order valence-corrected chi connectivity index (χ2v) is 6.81. The van der Waals surface area contributed by atoms with Crippen LogP contribution >= 0.6 is 0 Å². The van der Waals surface area contributed by atoms with Crippen LogP contribution in [0, 0.1) is 6.92 Å². The van der Waals surface area contributed by atoms with Crippen molar-refractivity contribution >= 4 is 10.8 Å². The van der Waals surface area contributed by atoms with Crippen LogP contribution in [0.15, 0.2) is 73.0 Å². The Balaban J connectivity index is 2.03. The number of aryl methyl sites for hydroxylation is 1. The van der Waals surface area contributed by atoms with E-state index in [1.54, 1.807) is 24.3 Å². The quantitative estimate of drug-likeness (QED) is 0.436. The lowest BCUT2D eigenvalue weighted by Crippen LogP contribution is -2.14. The lowest BCUT2D eigenvalue weighted by Gasteiger charge is -2.12. The maximum Gasteiger partial charge on any atom is 0.416 e. The number of halogens is 3. The minimum atomic E-state index is -4.55. The zero-order valence-corrected chi connectivity index (χ0v) is 16.4.